The number of carbonyl (C=O) groups is 1. The van der Waals surface area contributed by atoms with Crippen molar-refractivity contribution in [3.63, 3.8) is 0 Å². The number of benzene rings is 1. The second-order valence-electron chi connectivity index (χ2n) is 12.7. The summed E-state index contributed by atoms with van der Waals surface area (Å²) in [6, 6.07) is 10.9. The highest BCUT2D eigenvalue weighted by Crippen LogP contribution is 2.64. The average molecular weight is 434 g/mol. The average Bonchev–Trinajstić information content (AvgIpc) is 3.44. The van der Waals surface area contributed by atoms with E-state index < -0.39 is 0 Å². The van der Waals surface area contributed by atoms with Gasteiger partial charge in [0.2, 0.25) is 5.91 Å². The largest absolute Gasteiger partial charge is 0.342 e. The van der Waals surface area contributed by atoms with Crippen LogP contribution in [-0.2, 0) is 4.79 Å². The Labute approximate surface area is 195 Å². The summed E-state index contributed by atoms with van der Waals surface area (Å²) in [5.41, 5.74) is 1.68. The Hall–Kier alpha value is -1.31. The molecule has 2 heteroatoms. The van der Waals surface area contributed by atoms with E-state index in [2.05, 4.69) is 49.1 Å². The number of hydrogen-bond donors (Lipinski definition) is 0. The van der Waals surface area contributed by atoms with Gasteiger partial charge in [0, 0.05) is 24.9 Å². The highest BCUT2D eigenvalue weighted by atomic mass is 16.2. The maximum absolute atomic E-state index is 13.8. The van der Waals surface area contributed by atoms with Crippen LogP contribution in [0.4, 0.5) is 0 Å². The Morgan fingerprint density at radius 1 is 0.906 bits per heavy atom. The number of nitrogens with zero attached hydrogens (tertiary/aromatic N) is 1. The standard InChI is InChI=1S/C30H43NO/c1-20-8-10-24-22(18-20)9-11-26-25(24)14-16-30(2)27(26)12-13-28(30)29(32)31-17-15-23(19-31)21-6-4-3-5-7-21/h3-7,20,22-28H,8-19H2,1-2H3. The first kappa shape index (κ1) is 21.2. The zero-order valence-electron chi connectivity index (χ0n) is 20.3. The molecule has 9 unspecified atom stereocenters. The Morgan fingerprint density at radius 3 is 2.56 bits per heavy atom. The van der Waals surface area contributed by atoms with E-state index in [1.165, 1.54) is 56.9 Å². The fourth-order valence-electron chi connectivity index (χ4n) is 9.67. The van der Waals surface area contributed by atoms with Gasteiger partial charge >= 0.3 is 0 Å². The molecule has 0 radical (unpaired) electrons. The van der Waals surface area contributed by atoms with E-state index in [1.54, 1.807) is 0 Å². The third-order valence-electron chi connectivity index (χ3n) is 11.3. The first-order valence-electron chi connectivity index (χ1n) is 13.9. The molecule has 4 saturated carbocycles. The predicted octanol–water partition coefficient (Wildman–Crippen LogP) is 6.91. The third kappa shape index (κ3) is 3.38. The van der Waals surface area contributed by atoms with E-state index >= 15 is 0 Å². The lowest BCUT2D eigenvalue weighted by Gasteiger charge is -2.56. The predicted molar refractivity (Wildman–Crippen MR) is 130 cm³/mol. The summed E-state index contributed by atoms with van der Waals surface area (Å²) < 4.78 is 0. The fraction of sp³-hybridized carbons (Fsp3) is 0.767. The number of hydrogen-bond acceptors (Lipinski definition) is 1. The van der Waals surface area contributed by atoms with Gasteiger partial charge in [-0.2, -0.15) is 0 Å². The number of amides is 1. The molecule has 1 aromatic carbocycles. The van der Waals surface area contributed by atoms with E-state index in [9.17, 15) is 4.79 Å². The van der Waals surface area contributed by atoms with Crippen LogP contribution < -0.4 is 0 Å². The molecule has 6 rings (SSSR count). The van der Waals surface area contributed by atoms with Gasteiger partial charge in [-0.3, -0.25) is 4.79 Å². The van der Waals surface area contributed by atoms with Gasteiger partial charge in [0.1, 0.15) is 0 Å². The summed E-state index contributed by atoms with van der Waals surface area (Å²) in [4.78, 5) is 16.1. The van der Waals surface area contributed by atoms with Gasteiger partial charge in [0.25, 0.3) is 0 Å². The van der Waals surface area contributed by atoms with Crippen LogP contribution in [0, 0.1) is 46.8 Å². The van der Waals surface area contributed by atoms with Crippen LogP contribution in [0.3, 0.4) is 0 Å². The minimum absolute atomic E-state index is 0.262. The molecule has 2 nitrogen and oxygen atoms in total. The van der Waals surface area contributed by atoms with Crippen LogP contribution >= 0.6 is 0 Å². The topological polar surface area (TPSA) is 20.3 Å². The second-order valence-corrected chi connectivity index (χ2v) is 12.7. The minimum Gasteiger partial charge on any atom is -0.342 e. The van der Waals surface area contributed by atoms with Crippen LogP contribution in [0.25, 0.3) is 0 Å². The Kier molecular flexibility index (Phi) is 5.42. The second kappa shape index (κ2) is 8.17. The molecule has 5 aliphatic rings. The van der Waals surface area contributed by atoms with Gasteiger partial charge in [-0.25, -0.2) is 0 Å². The van der Waals surface area contributed by atoms with Crippen molar-refractivity contribution in [1.29, 1.82) is 0 Å². The molecule has 1 aliphatic heterocycles. The molecular weight excluding hydrogens is 390 g/mol. The van der Waals surface area contributed by atoms with E-state index in [0.29, 0.717) is 11.8 Å². The molecular formula is C30H43NO. The summed E-state index contributed by atoms with van der Waals surface area (Å²) in [5, 5.41) is 0. The monoisotopic (exact) mass is 433 g/mol. The smallest absolute Gasteiger partial charge is 0.226 e. The van der Waals surface area contributed by atoms with E-state index in [1.807, 2.05) is 0 Å². The molecule has 0 aromatic heterocycles. The van der Waals surface area contributed by atoms with E-state index in [-0.39, 0.29) is 11.3 Å². The lowest BCUT2D eigenvalue weighted by atomic mass is 9.49. The molecule has 9 atom stereocenters. The van der Waals surface area contributed by atoms with Crippen LogP contribution in [0.5, 0.6) is 0 Å². The molecule has 1 saturated heterocycles. The molecule has 174 valence electrons. The van der Waals surface area contributed by atoms with E-state index in [0.717, 1.165) is 61.4 Å². The van der Waals surface area contributed by atoms with Gasteiger partial charge in [0.05, 0.1) is 0 Å². The van der Waals surface area contributed by atoms with Gasteiger partial charge < -0.3 is 4.90 Å². The molecule has 0 spiro atoms. The number of likely N-dealkylation sites (tertiary alicyclic amines) is 1. The van der Waals surface area contributed by atoms with Crippen molar-refractivity contribution >= 4 is 5.91 Å². The molecule has 4 aliphatic carbocycles. The Balaban J connectivity index is 1.15. The first-order valence-corrected chi connectivity index (χ1v) is 13.9. The Morgan fingerprint density at radius 2 is 1.72 bits per heavy atom. The summed E-state index contributed by atoms with van der Waals surface area (Å²) in [6.45, 7) is 6.91. The third-order valence-corrected chi connectivity index (χ3v) is 11.3. The van der Waals surface area contributed by atoms with Crippen molar-refractivity contribution in [3.05, 3.63) is 35.9 Å². The maximum atomic E-state index is 13.8. The van der Waals surface area contributed by atoms with Crippen molar-refractivity contribution in [2.75, 3.05) is 13.1 Å². The van der Waals surface area contributed by atoms with Crippen molar-refractivity contribution in [1.82, 2.24) is 4.90 Å². The number of fused-ring (bicyclic) bond motifs is 5. The van der Waals surface area contributed by atoms with Gasteiger partial charge in [-0.05, 0) is 104 Å². The van der Waals surface area contributed by atoms with Crippen LogP contribution in [0.15, 0.2) is 30.3 Å². The quantitative estimate of drug-likeness (QED) is 0.496. The number of carbonyl (C=O) groups excluding carboxylic acids is 1. The zero-order chi connectivity index (χ0) is 21.9. The van der Waals surface area contributed by atoms with Gasteiger partial charge in [-0.15, -0.1) is 0 Å². The summed E-state index contributed by atoms with van der Waals surface area (Å²) in [6.07, 6.45) is 13.7. The highest BCUT2D eigenvalue weighted by molar-refractivity contribution is 5.80. The summed E-state index contributed by atoms with van der Waals surface area (Å²) >= 11 is 0. The Bertz CT molecular complexity index is 834. The van der Waals surface area contributed by atoms with Crippen molar-refractivity contribution in [3.8, 4) is 0 Å². The maximum Gasteiger partial charge on any atom is 0.226 e. The molecule has 1 amide bonds. The van der Waals surface area contributed by atoms with Crippen molar-refractivity contribution in [2.45, 2.75) is 84.0 Å². The lowest BCUT2D eigenvalue weighted by molar-refractivity contribution is -0.142. The van der Waals surface area contributed by atoms with Gasteiger partial charge in [0.15, 0.2) is 0 Å². The molecule has 0 bridgehead atoms. The summed E-state index contributed by atoms with van der Waals surface area (Å²) in [7, 11) is 0. The van der Waals surface area contributed by atoms with Crippen LogP contribution in [0.2, 0.25) is 0 Å². The zero-order valence-corrected chi connectivity index (χ0v) is 20.3. The van der Waals surface area contributed by atoms with E-state index in [4.69, 9.17) is 0 Å². The normalized spacial score (nSPS) is 45.8. The van der Waals surface area contributed by atoms with Crippen LogP contribution in [0.1, 0.15) is 89.5 Å². The molecule has 1 heterocycles. The van der Waals surface area contributed by atoms with Crippen LogP contribution in [-0.4, -0.2) is 23.9 Å². The molecule has 32 heavy (non-hydrogen) atoms. The van der Waals surface area contributed by atoms with Crippen molar-refractivity contribution < 1.29 is 4.79 Å². The van der Waals surface area contributed by atoms with Crippen molar-refractivity contribution in [2.24, 2.45) is 46.8 Å². The highest BCUT2D eigenvalue weighted by Gasteiger charge is 2.59. The lowest BCUT2D eigenvalue weighted by Crippen LogP contribution is -2.50. The number of rotatable bonds is 2. The SMILES string of the molecule is CC1CCC2C(CCC3C2CCC2(C)C(C(=O)N4CCC(c5ccccc5)C4)CCC32)C1. The molecule has 1 aromatic rings. The molecule has 0 N–H and O–H groups in total. The molecule has 5 fully saturated rings. The first-order chi connectivity index (χ1) is 15.5. The van der Waals surface area contributed by atoms with Gasteiger partial charge in [-0.1, -0.05) is 50.6 Å². The fourth-order valence-corrected chi connectivity index (χ4v) is 9.67. The minimum atomic E-state index is 0.262. The summed E-state index contributed by atoms with van der Waals surface area (Å²) in [5.74, 6) is 7.00.